The van der Waals surface area contributed by atoms with E-state index in [9.17, 15) is 9.90 Å². The predicted octanol–water partition coefficient (Wildman–Crippen LogP) is 0.431. The highest BCUT2D eigenvalue weighted by Crippen LogP contribution is 2.25. The van der Waals surface area contributed by atoms with Gasteiger partial charge in [-0.3, -0.25) is 0 Å². The summed E-state index contributed by atoms with van der Waals surface area (Å²) in [4.78, 5) is 10.5. The number of benzene rings is 1. The number of carbonyl (C=O) groups excluding carboxylic acids is 1. The Labute approximate surface area is 107 Å². The summed E-state index contributed by atoms with van der Waals surface area (Å²) in [6.07, 6.45) is 5.04. The SMILES string of the molecule is [NH3+][C@@H](CC(=O)[O-])c1ccc(OC2CCCC2)cc1. The lowest BCUT2D eigenvalue weighted by Gasteiger charge is -2.14. The maximum absolute atomic E-state index is 10.5. The van der Waals surface area contributed by atoms with E-state index in [-0.39, 0.29) is 12.5 Å². The quantitative estimate of drug-likeness (QED) is 0.822. The molecule has 4 nitrogen and oxygen atoms in total. The standard InChI is InChI=1S/C14H19NO3/c15-13(9-14(16)17)10-5-7-12(8-6-10)18-11-3-1-2-4-11/h5-8,11,13H,1-4,9,15H2,(H,16,17)/t13-/m0/s1. The van der Waals surface area contributed by atoms with E-state index in [0.29, 0.717) is 6.10 Å². The van der Waals surface area contributed by atoms with E-state index in [1.165, 1.54) is 12.8 Å². The van der Waals surface area contributed by atoms with Crippen molar-refractivity contribution in [3.8, 4) is 5.75 Å². The zero-order valence-electron chi connectivity index (χ0n) is 10.4. The van der Waals surface area contributed by atoms with Gasteiger partial charge in [-0.25, -0.2) is 0 Å². The third kappa shape index (κ3) is 3.47. The zero-order valence-corrected chi connectivity index (χ0v) is 10.4. The van der Waals surface area contributed by atoms with Gasteiger partial charge < -0.3 is 20.4 Å². The first-order valence-corrected chi connectivity index (χ1v) is 6.44. The molecule has 0 amide bonds. The lowest BCUT2D eigenvalue weighted by Crippen LogP contribution is -2.55. The fourth-order valence-corrected chi connectivity index (χ4v) is 2.34. The molecule has 98 valence electrons. The van der Waals surface area contributed by atoms with Crippen LogP contribution in [0.4, 0.5) is 0 Å². The minimum absolute atomic E-state index is 0.0527. The Morgan fingerprint density at radius 2 is 1.94 bits per heavy atom. The Kier molecular flexibility index (Phi) is 4.20. The summed E-state index contributed by atoms with van der Waals surface area (Å²) in [5, 5.41) is 10.5. The highest BCUT2D eigenvalue weighted by Gasteiger charge is 2.16. The van der Waals surface area contributed by atoms with Crippen LogP contribution in [0.5, 0.6) is 5.75 Å². The van der Waals surface area contributed by atoms with Gasteiger partial charge in [-0.1, -0.05) is 0 Å². The van der Waals surface area contributed by atoms with E-state index in [1.807, 2.05) is 24.3 Å². The average molecular weight is 249 g/mol. The van der Waals surface area contributed by atoms with Crippen molar-refractivity contribution in [1.29, 1.82) is 0 Å². The van der Waals surface area contributed by atoms with Gasteiger partial charge in [0.05, 0.1) is 6.10 Å². The number of rotatable bonds is 5. The molecule has 4 heteroatoms. The van der Waals surface area contributed by atoms with Gasteiger partial charge in [0.15, 0.2) is 0 Å². The molecule has 1 aromatic rings. The number of hydrogen-bond acceptors (Lipinski definition) is 3. The second kappa shape index (κ2) is 5.87. The summed E-state index contributed by atoms with van der Waals surface area (Å²) in [6, 6.07) is 7.27. The van der Waals surface area contributed by atoms with Crippen LogP contribution in [0.3, 0.4) is 0 Å². The van der Waals surface area contributed by atoms with Gasteiger partial charge in [-0.05, 0) is 49.9 Å². The summed E-state index contributed by atoms with van der Waals surface area (Å²) >= 11 is 0. The molecule has 18 heavy (non-hydrogen) atoms. The molecule has 1 aliphatic carbocycles. The molecule has 1 aromatic carbocycles. The van der Waals surface area contributed by atoms with Crippen molar-refractivity contribution >= 4 is 5.97 Å². The lowest BCUT2D eigenvalue weighted by molar-refractivity contribution is -0.430. The molecule has 2 rings (SSSR count). The average Bonchev–Trinajstić information content (AvgIpc) is 2.82. The minimum Gasteiger partial charge on any atom is -0.550 e. The number of carboxylic acid groups (broad SMARTS) is 1. The van der Waals surface area contributed by atoms with E-state index >= 15 is 0 Å². The largest absolute Gasteiger partial charge is 0.550 e. The Morgan fingerprint density at radius 1 is 1.33 bits per heavy atom. The Balaban J connectivity index is 1.94. The molecule has 0 aliphatic heterocycles. The third-order valence-electron chi connectivity index (χ3n) is 3.37. The molecular formula is C14H19NO3. The lowest BCUT2D eigenvalue weighted by atomic mass is 10.0. The number of carboxylic acids is 1. The predicted molar refractivity (Wildman–Crippen MR) is 64.6 cm³/mol. The molecule has 1 saturated carbocycles. The zero-order chi connectivity index (χ0) is 13.0. The minimum atomic E-state index is -1.07. The molecule has 0 bridgehead atoms. The van der Waals surface area contributed by atoms with E-state index in [2.05, 4.69) is 5.73 Å². The highest BCUT2D eigenvalue weighted by molar-refractivity contribution is 5.65. The summed E-state index contributed by atoms with van der Waals surface area (Å²) in [5.41, 5.74) is 4.72. The van der Waals surface area contributed by atoms with Crippen molar-refractivity contribution in [3.05, 3.63) is 29.8 Å². The number of quaternary nitrogens is 1. The van der Waals surface area contributed by atoms with Crippen molar-refractivity contribution in [2.24, 2.45) is 0 Å². The molecule has 1 atom stereocenters. The topological polar surface area (TPSA) is 77.0 Å². The molecule has 1 aliphatic rings. The smallest absolute Gasteiger partial charge is 0.119 e. The first-order chi connectivity index (χ1) is 8.65. The molecule has 0 radical (unpaired) electrons. The van der Waals surface area contributed by atoms with Crippen LogP contribution in [0.2, 0.25) is 0 Å². The Hall–Kier alpha value is -1.55. The molecule has 0 saturated heterocycles. The van der Waals surface area contributed by atoms with Gasteiger partial charge >= 0.3 is 0 Å². The van der Waals surface area contributed by atoms with Crippen molar-refractivity contribution < 1.29 is 20.4 Å². The van der Waals surface area contributed by atoms with Crippen molar-refractivity contribution in [1.82, 2.24) is 0 Å². The van der Waals surface area contributed by atoms with E-state index in [4.69, 9.17) is 4.74 Å². The second-order valence-electron chi connectivity index (χ2n) is 4.87. The Morgan fingerprint density at radius 3 is 2.50 bits per heavy atom. The number of carbonyl (C=O) groups is 1. The van der Waals surface area contributed by atoms with Crippen LogP contribution < -0.4 is 15.6 Å². The summed E-state index contributed by atoms with van der Waals surface area (Å²) in [6.45, 7) is 0. The molecule has 3 N–H and O–H groups in total. The van der Waals surface area contributed by atoms with Crippen molar-refractivity contribution in [3.63, 3.8) is 0 Å². The Bertz CT molecular complexity index is 396. The molecule has 0 unspecified atom stereocenters. The number of aliphatic carboxylic acids is 1. The van der Waals surface area contributed by atoms with Crippen molar-refractivity contribution in [2.75, 3.05) is 0 Å². The summed E-state index contributed by atoms with van der Waals surface area (Å²) in [7, 11) is 0. The monoisotopic (exact) mass is 249 g/mol. The van der Waals surface area contributed by atoms with Crippen molar-refractivity contribution in [2.45, 2.75) is 44.2 Å². The van der Waals surface area contributed by atoms with Crippen LogP contribution in [0, 0.1) is 0 Å². The molecular weight excluding hydrogens is 230 g/mol. The van der Waals surface area contributed by atoms with Gasteiger partial charge in [0.25, 0.3) is 0 Å². The van der Waals surface area contributed by atoms with Crippen LogP contribution in [0.25, 0.3) is 0 Å². The van der Waals surface area contributed by atoms with Crippen LogP contribution in [-0.2, 0) is 4.79 Å². The summed E-state index contributed by atoms with van der Waals surface area (Å²) in [5.74, 6) is -0.215. The fourth-order valence-electron chi connectivity index (χ4n) is 2.34. The number of hydrogen-bond donors (Lipinski definition) is 1. The van der Waals surface area contributed by atoms with Gasteiger partial charge in [0.1, 0.15) is 11.8 Å². The molecule has 0 aromatic heterocycles. The molecule has 1 fully saturated rings. The maximum Gasteiger partial charge on any atom is 0.119 e. The highest BCUT2D eigenvalue weighted by atomic mass is 16.5. The molecule has 0 heterocycles. The second-order valence-corrected chi connectivity index (χ2v) is 4.87. The van der Waals surface area contributed by atoms with Gasteiger partial charge in [-0.2, -0.15) is 0 Å². The van der Waals surface area contributed by atoms with Crippen LogP contribution in [0.1, 0.15) is 43.7 Å². The van der Waals surface area contributed by atoms with Crippen LogP contribution in [0.15, 0.2) is 24.3 Å². The first-order valence-electron chi connectivity index (χ1n) is 6.44. The summed E-state index contributed by atoms with van der Waals surface area (Å²) < 4.78 is 5.84. The van der Waals surface area contributed by atoms with Crippen LogP contribution >= 0.6 is 0 Å². The third-order valence-corrected chi connectivity index (χ3v) is 3.37. The molecule has 0 spiro atoms. The van der Waals surface area contributed by atoms with Gasteiger partial charge in [0, 0.05) is 18.0 Å². The number of ether oxygens (including phenoxy) is 1. The van der Waals surface area contributed by atoms with Crippen LogP contribution in [-0.4, -0.2) is 12.1 Å². The van der Waals surface area contributed by atoms with E-state index in [0.717, 1.165) is 24.2 Å². The fraction of sp³-hybridized carbons (Fsp3) is 0.500. The first kappa shape index (κ1) is 12.9. The van der Waals surface area contributed by atoms with E-state index in [1.54, 1.807) is 0 Å². The van der Waals surface area contributed by atoms with Gasteiger partial charge in [0.2, 0.25) is 0 Å². The van der Waals surface area contributed by atoms with E-state index < -0.39 is 5.97 Å². The normalized spacial score (nSPS) is 17.6. The van der Waals surface area contributed by atoms with Gasteiger partial charge in [-0.15, -0.1) is 0 Å². The maximum atomic E-state index is 10.5.